The summed E-state index contributed by atoms with van der Waals surface area (Å²) in [6.07, 6.45) is 3.97. The Kier molecular flexibility index (Phi) is 4.13. The largest absolute Gasteiger partial charge is 0.381 e. The van der Waals surface area contributed by atoms with Gasteiger partial charge in [0.25, 0.3) is 0 Å². The summed E-state index contributed by atoms with van der Waals surface area (Å²) in [5.74, 6) is 0. The molecule has 0 saturated carbocycles. The summed E-state index contributed by atoms with van der Waals surface area (Å²) in [5.41, 5.74) is 1.57. The summed E-state index contributed by atoms with van der Waals surface area (Å²) < 4.78 is 0. The maximum Gasteiger partial charge on any atom is 0.207 e. The molecule has 0 saturated heterocycles. The van der Waals surface area contributed by atoms with Crippen LogP contribution in [-0.2, 0) is 4.79 Å². The minimum Gasteiger partial charge on any atom is -0.381 e. The first-order valence-electron chi connectivity index (χ1n) is 4.20. The normalized spacial score (nSPS) is 9.14. The minimum absolute atomic E-state index is 0.572. The molecule has 0 unspecified atom stereocenters. The highest BCUT2D eigenvalue weighted by molar-refractivity contribution is 5.66. The van der Waals surface area contributed by atoms with E-state index in [-0.39, 0.29) is 0 Å². The second-order valence-corrected chi connectivity index (χ2v) is 2.55. The van der Waals surface area contributed by atoms with Crippen LogP contribution in [0, 0.1) is 0 Å². The lowest BCUT2D eigenvalue weighted by atomic mass is 10.3. The number of amides is 1. The maximum atomic E-state index is 9.96. The number of carbonyl (C=O) groups excluding carboxylic acids is 1. The Labute approximate surface area is 82.3 Å². The van der Waals surface area contributed by atoms with E-state index in [0.29, 0.717) is 25.2 Å². The predicted octanol–water partition coefficient (Wildman–Crippen LogP) is 0.572. The first-order chi connectivity index (χ1) is 6.88. The smallest absolute Gasteiger partial charge is 0.207 e. The number of pyridine rings is 1. The van der Waals surface area contributed by atoms with Crippen molar-refractivity contribution in [3.8, 4) is 0 Å². The summed E-state index contributed by atoms with van der Waals surface area (Å²) in [6, 6.07) is 1.81. The van der Waals surface area contributed by atoms with Crippen LogP contribution >= 0.6 is 0 Å². The van der Waals surface area contributed by atoms with Gasteiger partial charge in [-0.3, -0.25) is 14.8 Å². The molecule has 1 aromatic rings. The molecule has 0 bridgehead atoms. The summed E-state index contributed by atoms with van der Waals surface area (Å²) in [7, 11) is 0. The Morgan fingerprint density at radius 3 is 3.14 bits per heavy atom. The number of hydrogen-bond donors (Lipinski definition) is 2. The van der Waals surface area contributed by atoms with Gasteiger partial charge in [0.1, 0.15) is 5.69 Å². The SMILES string of the molecule is C=Nc1cnccc1NCCNC=O. The number of hydrogen-bond acceptors (Lipinski definition) is 4. The van der Waals surface area contributed by atoms with Gasteiger partial charge >= 0.3 is 0 Å². The second-order valence-electron chi connectivity index (χ2n) is 2.55. The Balaban J connectivity index is 2.48. The van der Waals surface area contributed by atoms with E-state index < -0.39 is 0 Å². The van der Waals surface area contributed by atoms with E-state index in [1.807, 2.05) is 6.07 Å². The monoisotopic (exact) mass is 192 g/mol. The van der Waals surface area contributed by atoms with Crippen molar-refractivity contribution in [1.82, 2.24) is 10.3 Å². The van der Waals surface area contributed by atoms with Crippen molar-refractivity contribution in [2.75, 3.05) is 18.4 Å². The fraction of sp³-hybridized carbons (Fsp3) is 0.222. The van der Waals surface area contributed by atoms with Crippen LogP contribution in [-0.4, -0.2) is 31.2 Å². The van der Waals surface area contributed by atoms with Crippen molar-refractivity contribution in [1.29, 1.82) is 0 Å². The third-order valence-corrected chi connectivity index (χ3v) is 1.64. The lowest BCUT2D eigenvalue weighted by Crippen LogP contribution is -2.20. The van der Waals surface area contributed by atoms with Crippen LogP contribution in [0.1, 0.15) is 0 Å². The van der Waals surface area contributed by atoms with Crippen LogP contribution in [0.2, 0.25) is 0 Å². The van der Waals surface area contributed by atoms with Gasteiger partial charge in [0.15, 0.2) is 0 Å². The minimum atomic E-state index is 0.572. The Morgan fingerprint density at radius 1 is 1.57 bits per heavy atom. The highest BCUT2D eigenvalue weighted by atomic mass is 16.1. The van der Waals surface area contributed by atoms with E-state index in [1.54, 1.807) is 12.4 Å². The molecule has 0 radical (unpaired) electrons. The number of rotatable bonds is 6. The first-order valence-corrected chi connectivity index (χ1v) is 4.20. The molecule has 1 heterocycles. The van der Waals surface area contributed by atoms with Crippen molar-refractivity contribution in [2.45, 2.75) is 0 Å². The highest BCUT2D eigenvalue weighted by Crippen LogP contribution is 2.21. The number of anilines is 1. The molecule has 14 heavy (non-hydrogen) atoms. The van der Waals surface area contributed by atoms with E-state index in [1.165, 1.54) is 0 Å². The molecule has 0 aliphatic heterocycles. The highest BCUT2D eigenvalue weighted by Gasteiger charge is 1.97. The summed E-state index contributed by atoms with van der Waals surface area (Å²) >= 11 is 0. The molecule has 0 atom stereocenters. The van der Waals surface area contributed by atoms with Gasteiger partial charge in [0, 0.05) is 19.3 Å². The molecular weight excluding hydrogens is 180 g/mol. The van der Waals surface area contributed by atoms with Crippen molar-refractivity contribution >= 4 is 24.5 Å². The molecule has 0 aliphatic rings. The van der Waals surface area contributed by atoms with Crippen molar-refractivity contribution in [3.63, 3.8) is 0 Å². The standard InChI is InChI=1S/C9H12N4O/c1-10-9-6-11-3-2-8(9)13-5-4-12-7-14/h2-3,6-7H,1,4-5H2,(H,11,13)(H,12,14). The molecule has 74 valence electrons. The van der Waals surface area contributed by atoms with E-state index in [2.05, 4.69) is 27.3 Å². The van der Waals surface area contributed by atoms with Crippen LogP contribution in [0.15, 0.2) is 23.5 Å². The molecule has 0 aromatic carbocycles. The molecule has 0 fully saturated rings. The molecule has 0 aliphatic carbocycles. The van der Waals surface area contributed by atoms with Gasteiger partial charge in [-0.2, -0.15) is 0 Å². The van der Waals surface area contributed by atoms with Gasteiger partial charge in [-0.15, -0.1) is 0 Å². The maximum absolute atomic E-state index is 9.96. The van der Waals surface area contributed by atoms with Gasteiger partial charge < -0.3 is 10.6 Å². The quantitative estimate of drug-likeness (QED) is 0.393. The third-order valence-electron chi connectivity index (χ3n) is 1.64. The predicted molar refractivity (Wildman–Crippen MR) is 56.0 cm³/mol. The Hall–Kier alpha value is -1.91. The lowest BCUT2D eigenvalue weighted by Gasteiger charge is -2.07. The van der Waals surface area contributed by atoms with Gasteiger partial charge in [-0.1, -0.05) is 0 Å². The Morgan fingerprint density at radius 2 is 2.43 bits per heavy atom. The third kappa shape index (κ3) is 2.85. The molecule has 1 amide bonds. The average Bonchev–Trinajstić information content (AvgIpc) is 2.25. The van der Waals surface area contributed by atoms with Gasteiger partial charge in [0.05, 0.1) is 11.9 Å². The van der Waals surface area contributed by atoms with E-state index >= 15 is 0 Å². The molecule has 5 heteroatoms. The van der Waals surface area contributed by atoms with Crippen molar-refractivity contribution < 1.29 is 4.79 Å². The molecule has 1 aromatic heterocycles. The van der Waals surface area contributed by atoms with Crippen molar-refractivity contribution in [3.05, 3.63) is 18.5 Å². The fourth-order valence-electron chi connectivity index (χ4n) is 0.990. The molecule has 1 rings (SSSR count). The number of nitrogens with zero attached hydrogens (tertiary/aromatic N) is 2. The number of nitrogens with one attached hydrogen (secondary N) is 2. The zero-order chi connectivity index (χ0) is 10.2. The van der Waals surface area contributed by atoms with Gasteiger partial charge in [-0.05, 0) is 12.8 Å². The lowest BCUT2D eigenvalue weighted by molar-refractivity contribution is -0.109. The zero-order valence-corrected chi connectivity index (χ0v) is 7.73. The molecular formula is C9H12N4O. The molecule has 2 N–H and O–H groups in total. The van der Waals surface area contributed by atoms with Gasteiger partial charge in [-0.25, -0.2) is 0 Å². The Bertz CT molecular complexity index is 313. The fourth-order valence-corrected chi connectivity index (χ4v) is 0.990. The van der Waals surface area contributed by atoms with Crippen molar-refractivity contribution in [2.24, 2.45) is 4.99 Å². The van der Waals surface area contributed by atoms with Crippen LogP contribution in [0.25, 0.3) is 0 Å². The van der Waals surface area contributed by atoms with Crippen LogP contribution in [0.5, 0.6) is 0 Å². The second kappa shape index (κ2) is 5.69. The molecule has 5 nitrogen and oxygen atoms in total. The average molecular weight is 192 g/mol. The van der Waals surface area contributed by atoms with E-state index in [4.69, 9.17) is 0 Å². The number of aliphatic imine (C=N–C) groups is 1. The zero-order valence-electron chi connectivity index (χ0n) is 7.73. The first kappa shape index (κ1) is 10.2. The summed E-state index contributed by atoms with van der Waals surface area (Å²) in [5, 5.41) is 5.65. The molecule has 0 spiro atoms. The summed E-state index contributed by atoms with van der Waals surface area (Å²) in [4.78, 5) is 17.7. The number of aromatic nitrogens is 1. The topological polar surface area (TPSA) is 66.4 Å². The van der Waals surface area contributed by atoms with Crippen LogP contribution in [0.3, 0.4) is 0 Å². The summed E-state index contributed by atoms with van der Waals surface area (Å²) in [6.45, 7) is 4.65. The number of carbonyl (C=O) groups is 1. The van der Waals surface area contributed by atoms with E-state index in [0.717, 1.165) is 5.69 Å². The van der Waals surface area contributed by atoms with Crippen LogP contribution < -0.4 is 10.6 Å². The van der Waals surface area contributed by atoms with Crippen LogP contribution in [0.4, 0.5) is 11.4 Å². The van der Waals surface area contributed by atoms with E-state index in [9.17, 15) is 4.79 Å². The van der Waals surface area contributed by atoms with Gasteiger partial charge in [0.2, 0.25) is 6.41 Å².